The molecule has 1 aromatic heterocycles. The summed E-state index contributed by atoms with van der Waals surface area (Å²) in [6.07, 6.45) is 1.78. The maximum atomic E-state index is 5.73. The van der Waals surface area contributed by atoms with E-state index in [2.05, 4.69) is 32.4 Å². The van der Waals surface area contributed by atoms with Gasteiger partial charge in [-0.05, 0) is 6.54 Å². The van der Waals surface area contributed by atoms with E-state index in [-0.39, 0.29) is 6.10 Å². The van der Waals surface area contributed by atoms with Crippen molar-refractivity contribution in [2.75, 3.05) is 50.5 Å². The molecule has 1 aliphatic heterocycles. The summed E-state index contributed by atoms with van der Waals surface area (Å²) in [6, 6.07) is 1.89. The van der Waals surface area contributed by atoms with Crippen LogP contribution in [-0.4, -0.2) is 60.8 Å². The molecule has 0 aromatic carbocycles. The minimum Gasteiger partial charge on any atom is -0.374 e. The van der Waals surface area contributed by atoms with Crippen molar-refractivity contribution in [2.45, 2.75) is 13.0 Å². The highest BCUT2D eigenvalue weighted by Crippen LogP contribution is 2.09. The number of hydrogen-bond donors (Lipinski definition) is 2. The second-order valence-electron chi connectivity index (χ2n) is 4.31. The van der Waals surface area contributed by atoms with Gasteiger partial charge in [-0.15, -0.1) is 0 Å². The van der Waals surface area contributed by atoms with Crippen molar-refractivity contribution in [3.05, 3.63) is 12.4 Å². The van der Waals surface area contributed by atoms with Crippen LogP contribution in [0.15, 0.2) is 12.4 Å². The number of rotatable bonds is 5. The Morgan fingerprint density at radius 3 is 3.06 bits per heavy atom. The van der Waals surface area contributed by atoms with Gasteiger partial charge >= 0.3 is 0 Å². The van der Waals surface area contributed by atoms with Crippen LogP contribution in [0.25, 0.3) is 0 Å². The number of ether oxygens (including phenoxy) is 1. The van der Waals surface area contributed by atoms with Gasteiger partial charge in [-0.2, -0.15) is 0 Å². The molecule has 2 heterocycles. The number of morpholine rings is 1. The first kappa shape index (κ1) is 13.0. The fourth-order valence-corrected chi connectivity index (χ4v) is 2.00. The molecule has 1 fully saturated rings. The highest BCUT2D eigenvalue weighted by molar-refractivity contribution is 5.45. The van der Waals surface area contributed by atoms with Crippen LogP contribution in [0.2, 0.25) is 0 Å². The first-order valence-electron chi connectivity index (χ1n) is 6.39. The predicted octanol–water partition coefficient (Wildman–Crippen LogP) is 0.651. The predicted molar refractivity (Wildman–Crippen MR) is 71.9 cm³/mol. The Morgan fingerprint density at radius 2 is 2.28 bits per heavy atom. The monoisotopic (exact) mass is 251 g/mol. The largest absolute Gasteiger partial charge is 0.374 e. The Hall–Kier alpha value is -1.40. The number of nitrogens with one attached hydrogen (secondary N) is 2. The third-order valence-electron chi connectivity index (χ3n) is 3.10. The molecule has 1 aliphatic rings. The average molecular weight is 251 g/mol. The Bertz CT molecular complexity index is 373. The molecule has 1 saturated heterocycles. The molecule has 0 saturated carbocycles. The fourth-order valence-electron chi connectivity index (χ4n) is 2.00. The molecule has 18 heavy (non-hydrogen) atoms. The zero-order valence-electron chi connectivity index (χ0n) is 11.0. The summed E-state index contributed by atoms with van der Waals surface area (Å²) in [7, 11) is 1.84. The zero-order chi connectivity index (χ0) is 12.8. The van der Waals surface area contributed by atoms with Gasteiger partial charge < -0.3 is 15.4 Å². The Labute approximate surface area is 108 Å². The maximum absolute atomic E-state index is 5.73. The smallest absolute Gasteiger partial charge is 0.131 e. The molecule has 0 amide bonds. The number of aromatic nitrogens is 2. The zero-order valence-corrected chi connectivity index (χ0v) is 11.0. The summed E-state index contributed by atoms with van der Waals surface area (Å²) < 4.78 is 5.73. The summed E-state index contributed by atoms with van der Waals surface area (Å²) in [6.45, 7) is 6.86. The lowest BCUT2D eigenvalue weighted by molar-refractivity contribution is -0.0192. The lowest BCUT2D eigenvalue weighted by Crippen LogP contribution is -2.45. The third-order valence-corrected chi connectivity index (χ3v) is 3.10. The molecule has 1 atom stereocenters. The van der Waals surface area contributed by atoms with Crippen molar-refractivity contribution in [2.24, 2.45) is 0 Å². The van der Waals surface area contributed by atoms with E-state index in [0.29, 0.717) is 0 Å². The lowest BCUT2D eigenvalue weighted by Gasteiger charge is -2.32. The van der Waals surface area contributed by atoms with Crippen molar-refractivity contribution in [1.82, 2.24) is 14.9 Å². The van der Waals surface area contributed by atoms with Crippen molar-refractivity contribution in [3.8, 4) is 0 Å². The van der Waals surface area contributed by atoms with Crippen LogP contribution in [0.4, 0.5) is 11.6 Å². The van der Waals surface area contributed by atoms with Gasteiger partial charge in [-0.1, -0.05) is 6.92 Å². The molecular weight excluding hydrogens is 230 g/mol. The van der Waals surface area contributed by atoms with E-state index in [1.165, 1.54) is 0 Å². The van der Waals surface area contributed by atoms with Crippen molar-refractivity contribution < 1.29 is 4.74 Å². The first-order valence-corrected chi connectivity index (χ1v) is 6.39. The number of anilines is 2. The van der Waals surface area contributed by atoms with Crippen LogP contribution in [-0.2, 0) is 4.74 Å². The molecule has 6 nitrogen and oxygen atoms in total. The molecule has 2 N–H and O–H groups in total. The van der Waals surface area contributed by atoms with E-state index >= 15 is 0 Å². The van der Waals surface area contributed by atoms with Crippen LogP contribution >= 0.6 is 0 Å². The second kappa shape index (κ2) is 6.51. The van der Waals surface area contributed by atoms with Gasteiger partial charge in [-0.25, -0.2) is 9.97 Å². The van der Waals surface area contributed by atoms with Gasteiger partial charge in [0, 0.05) is 32.7 Å². The van der Waals surface area contributed by atoms with E-state index in [1.807, 2.05) is 13.1 Å². The summed E-state index contributed by atoms with van der Waals surface area (Å²) in [4.78, 5) is 10.7. The standard InChI is InChI=1S/C12H21N5O/c1-3-17-4-5-18-10(8-17)7-14-12-6-11(13-2)15-9-16-12/h6,9-10H,3-5,7-8H2,1-2H3,(H2,13,14,15,16). The van der Waals surface area contributed by atoms with Crippen molar-refractivity contribution in [3.63, 3.8) is 0 Å². The lowest BCUT2D eigenvalue weighted by atomic mass is 10.2. The van der Waals surface area contributed by atoms with Crippen LogP contribution in [0.5, 0.6) is 0 Å². The highest BCUT2D eigenvalue weighted by atomic mass is 16.5. The quantitative estimate of drug-likeness (QED) is 0.801. The van der Waals surface area contributed by atoms with Crippen molar-refractivity contribution in [1.29, 1.82) is 0 Å². The fraction of sp³-hybridized carbons (Fsp3) is 0.667. The Balaban J connectivity index is 1.83. The van der Waals surface area contributed by atoms with Gasteiger partial charge in [0.1, 0.15) is 18.0 Å². The molecule has 0 bridgehead atoms. The normalized spacial score (nSPS) is 20.7. The summed E-state index contributed by atoms with van der Waals surface area (Å²) >= 11 is 0. The maximum Gasteiger partial charge on any atom is 0.131 e. The van der Waals surface area contributed by atoms with Crippen LogP contribution in [0.1, 0.15) is 6.92 Å². The average Bonchev–Trinajstić information content (AvgIpc) is 2.45. The molecule has 0 radical (unpaired) electrons. The van der Waals surface area contributed by atoms with Gasteiger partial charge in [0.25, 0.3) is 0 Å². The van der Waals surface area contributed by atoms with E-state index < -0.39 is 0 Å². The molecule has 6 heteroatoms. The molecule has 1 aromatic rings. The third kappa shape index (κ3) is 3.54. The molecule has 0 spiro atoms. The van der Waals surface area contributed by atoms with Crippen LogP contribution < -0.4 is 10.6 Å². The minimum atomic E-state index is 0.228. The molecule has 2 rings (SSSR count). The van der Waals surface area contributed by atoms with E-state index in [0.717, 1.165) is 44.4 Å². The van der Waals surface area contributed by atoms with E-state index in [4.69, 9.17) is 4.74 Å². The second-order valence-corrected chi connectivity index (χ2v) is 4.31. The van der Waals surface area contributed by atoms with Crippen LogP contribution in [0, 0.1) is 0 Å². The summed E-state index contributed by atoms with van der Waals surface area (Å²) in [5.74, 6) is 1.64. The van der Waals surface area contributed by atoms with Gasteiger partial charge in [0.2, 0.25) is 0 Å². The summed E-state index contributed by atoms with van der Waals surface area (Å²) in [5, 5.41) is 6.28. The van der Waals surface area contributed by atoms with Gasteiger partial charge in [0.05, 0.1) is 12.7 Å². The molecular formula is C12H21N5O. The minimum absolute atomic E-state index is 0.228. The van der Waals surface area contributed by atoms with Gasteiger partial charge in [0.15, 0.2) is 0 Å². The molecule has 0 aliphatic carbocycles. The first-order chi connectivity index (χ1) is 8.81. The molecule has 100 valence electrons. The highest BCUT2D eigenvalue weighted by Gasteiger charge is 2.18. The number of hydrogen-bond acceptors (Lipinski definition) is 6. The van der Waals surface area contributed by atoms with Gasteiger partial charge in [-0.3, -0.25) is 4.90 Å². The Morgan fingerprint density at radius 1 is 1.44 bits per heavy atom. The number of likely N-dealkylation sites (N-methyl/N-ethyl adjacent to an activating group) is 1. The van der Waals surface area contributed by atoms with Crippen LogP contribution in [0.3, 0.4) is 0 Å². The topological polar surface area (TPSA) is 62.3 Å². The van der Waals surface area contributed by atoms with Crippen molar-refractivity contribution >= 4 is 11.6 Å². The van der Waals surface area contributed by atoms with E-state index in [9.17, 15) is 0 Å². The molecule has 1 unspecified atom stereocenters. The SMILES string of the molecule is CCN1CCOC(CNc2cc(NC)ncn2)C1. The Kier molecular flexibility index (Phi) is 4.72. The van der Waals surface area contributed by atoms with E-state index in [1.54, 1.807) is 6.33 Å². The summed E-state index contributed by atoms with van der Waals surface area (Å²) in [5.41, 5.74) is 0. The number of nitrogens with zero attached hydrogens (tertiary/aromatic N) is 3.